The summed E-state index contributed by atoms with van der Waals surface area (Å²) in [6.07, 6.45) is 1.52. The molecule has 5 rings (SSSR count). The molecule has 0 amide bonds. The fraction of sp³-hybridized carbons (Fsp3) is 0.217. The second-order valence-corrected chi connectivity index (χ2v) is 7.50. The molecule has 8 heteroatoms. The number of aromatic nitrogens is 3. The van der Waals surface area contributed by atoms with E-state index in [1.807, 2.05) is 24.3 Å². The molecule has 3 heterocycles. The van der Waals surface area contributed by atoms with Gasteiger partial charge in [-0.05, 0) is 36.8 Å². The molecule has 0 spiro atoms. The van der Waals surface area contributed by atoms with Crippen LogP contribution in [0.25, 0.3) is 27.8 Å². The number of aryl methyl sites for hydroxylation is 1. The second-order valence-electron chi connectivity index (χ2n) is 7.50. The van der Waals surface area contributed by atoms with E-state index in [4.69, 9.17) is 4.74 Å². The Morgan fingerprint density at radius 3 is 2.39 bits per heavy atom. The minimum atomic E-state index is -0.752. The number of benzene rings is 2. The van der Waals surface area contributed by atoms with Crippen LogP contribution in [0.1, 0.15) is 5.56 Å². The van der Waals surface area contributed by atoms with E-state index in [1.165, 1.54) is 29.1 Å². The smallest absolute Gasteiger partial charge is 0.259 e. The van der Waals surface area contributed by atoms with Gasteiger partial charge in [0.1, 0.15) is 11.4 Å². The van der Waals surface area contributed by atoms with Crippen LogP contribution in [-0.2, 0) is 4.74 Å². The number of hydrogen-bond acceptors (Lipinski definition) is 4. The Bertz CT molecular complexity index is 1300. The molecule has 1 saturated heterocycles. The summed E-state index contributed by atoms with van der Waals surface area (Å²) in [6.45, 7) is 4.74. The zero-order valence-corrected chi connectivity index (χ0v) is 16.9. The highest BCUT2D eigenvalue weighted by Gasteiger charge is 2.22. The standard InChI is InChI=1S/C23H20F2N4O2/c1-14-13-26-23(30)19-20(15-5-7-16(8-6-15)28-9-11-31-12-10-28)27-29(21(14)19)22-17(24)3-2-4-18(22)25/h2-8,13H,9-12H2,1H3,(H,26,30). The molecular formula is C23H20F2N4O2. The van der Waals surface area contributed by atoms with E-state index in [2.05, 4.69) is 15.0 Å². The first kappa shape index (κ1) is 19.4. The van der Waals surface area contributed by atoms with E-state index in [0.717, 1.165) is 18.8 Å². The van der Waals surface area contributed by atoms with Crippen molar-refractivity contribution in [2.24, 2.45) is 0 Å². The van der Waals surface area contributed by atoms with E-state index < -0.39 is 11.6 Å². The normalized spacial score (nSPS) is 14.4. The number of aromatic amines is 1. The van der Waals surface area contributed by atoms with Crippen molar-refractivity contribution in [3.63, 3.8) is 0 Å². The fourth-order valence-corrected chi connectivity index (χ4v) is 4.02. The molecule has 2 aromatic heterocycles. The molecule has 2 aromatic carbocycles. The van der Waals surface area contributed by atoms with E-state index in [9.17, 15) is 13.6 Å². The van der Waals surface area contributed by atoms with Crippen LogP contribution in [0.2, 0.25) is 0 Å². The molecule has 0 bridgehead atoms. The van der Waals surface area contributed by atoms with Gasteiger partial charge in [0.25, 0.3) is 5.56 Å². The van der Waals surface area contributed by atoms with Gasteiger partial charge in [-0.25, -0.2) is 13.5 Å². The molecule has 0 radical (unpaired) electrons. The van der Waals surface area contributed by atoms with E-state index in [0.29, 0.717) is 40.9 Å². The van der Waals surface area contributed by atoms with Gasteiger partial charge in [0.2, 0.25) is 0 Å². The average molecular weight is 422 g/mol. The molecule has 4 aromatic rings. The zero-order chi connectivity index (χ0) is 21.5. The second kappa shape index (κ2) is 7.63. The van der Waals surface area contributed by atoms with Crippen LogP contribution in [0.5, 0.6) is 0 Å². The predicted octanol–water partition coefficient (Wildman–Crippen LogP) is 3.80. The molecule has 0 unspecified atom stereocenters. The van der Waals surface area contributed by atoms with Gasteiger partial charge in [-0.3, -0.25) is 4.79 Å². The van der Waals surface area contributed by atoms with Crippen molar-refractivity contribution in [1.82, 2.24) is 14.8 Å². The summed E-state index contributed by atoms with van der Waals surface area (Å²) in [7, 11) is 0. The summed E-state index contributed by atoms with van der Waals surface area (Å²) in [5.74, 6) is -1.50. The molecule has 31 heavy (non-hydrogen) atoms. The Labute approximate surface area is 176 Å². The maximum absolute atomic E-state index is 14.6. The molecular weight excluding hydrogens is 402 g/mol. The molecule has 0 atom stereocenters. The van der Waals surface area contributed by atoms with Crippen LogP contribution in [0, 0.1) is 18.6 Å². The lowest BCUT2D eigenvalue weighted by molar-refractivity contribution is 0.122. The summed E-state index contributed by atoms with van der Waals surface area (Å²) in [4.78, 5) is 17.6. The van der Waals surface area contributed by atoms with Crippen LogP contribution in [0.3, 0.4) is 0 Å². The van der Waals surface area contributed by atoms with Crippen molar-refractivity contribution in [1.29, 1.82) is 0 Å². The summed E-state index contributed by atoms with van der Waals surface area (Å²) in [5.41, 5.74) is 2.46. The number of fused-ring (bicyclic) bond motifs is 1. The van der Waals surface area contributed by atoms with Crippen LogP contribution < -0.4 is 10.5 Å². The highest BCUT2D eigenvalue weighted by molar-refractivity contribution is 5.95. The molecule has 1 aliphatic heterocycles. The lowest BCUT2D eigenvalue weighted by Crippen LogP contribution is -2.36. The third-order valence-corrected chi connectivity index (χ3v) is 5.57. The third kappa shape index (κ3) is 3.29. The third-order valence-electron chi connectivity index (χ3n) is 5.57. The SMILES string of the molecule is Cc1c[nH]c(=O)c2c(-c3ccc(N4CCOCC4)cc3)nn(-c3c(F)cccc3F)c12. The largest absolute Gasteiger partial charge is 0.378 e. The molecule has 0 aliphatic carbocycles. The van der Waals surface area contributed by atoms with Crippen LogP contribution in [-0.4, -0.2) is 41.1 Å². The van der Waals surface area contributed by atoms with Crippen molar-refractivity contribution < 1.29 is 13.5 Å². The Balaban J connectivity index is 1.70. The lowest BCUT2D eigenvalue weighted by atomic mass is 10.1. The fourth-order valence-electron chi connectivity index (χ4n) is 4.02. The molecule has 158 valence electrons. The topological polar surface area (TPSA) is 63.1 Å². The van der Waals surface area contributed by atoms with Gasteiger partial charge < -0.3 is 14.6 Å². The molecule has 1 aliphatic rings. The lowest BCUT2D eigenvalue weighted by Gasteiger charge is -2.28. The number of ether oxygens (including phenoxy) is 1. The van der Waals surface area contributed by atoms with Crippen LogP contribution in [0.15, 0.2) is 53.5 Å². The van der Waals surface area contributed by atoms with E-state index in [-0.39, 0.29) is 11.2 Å². The van der Waals surface area contributed by atoms with Gasteiger partial charge in [-0.1, -0.05) is 18.2 Å². The molecule has 0 saturated carbocycles. The van der Waals surface area contributed by atoms with Crippen molar-refractivity contribution in [2.75, 3.05) is 31.2 Å². The number of H-pyrrole nitrogens is 1. The quantitative estimate of drug-likeness (QED) is 0.546. The first-order valence-corrected chi connectivity index (χ1v) is 10.0. The number of pyridine rings is 1. The number of para-hydroxylation sites is 1. The highest BCUT2D eigenvalue weighted by Crippen LogP contribution is 2.32. The van der Waals surface area contributed by atoms with Gasteiger partial charge in [0.05, 0.1) is 24.1 Å². The van der Waals surface area contributed by atoms with E-state index >= 15 is 0 Å². The Morgan fingerprint density at radius 2 is 1.71 bits per heavy atom. The van der Waals surface area contributed by atoms with Crippen LogP contribution >= 0.6 is 0 Å². The first-order chi connectivity index (χ1) is 15.0. The molecule has 6 nitrogen and oxygen atoms in total. The number of anilines is 1. The number of hydrogen-bond donors (Lipinski definition) is 1. The molecule has 1 fully saturated rings. The summed E-state index contributed by atoms with van der Waals surface area (Å²) < 4.78 is 35.7. The molecule has 1 N–H and O–H groups in total. The minimum Gasteiger partial charge on any atom is -0.378 e. The number of halogens is 2. The number of morpholine rings is 1. The van der Waals surface area contributed by atoms with Crippen LogP contribution in [0.4, 0.5) is 14.5 Å². The van der Waals surface area contributed by atoms with E-state index in [1.54, 1.807) is 6.92 Å². The average Bonchev–Trinajstić information content (AvgIpc) is 3.18. The zero-order valence-electron chi connectivity index (χ0n) is 16.9. The number of rotatable bonds is 3. The maximum Gasteiger partial charge on any atom is 0.259 e. The Morgan fingerprint density at radius 1 is 1.03 bits per heavy atom. The number of nitrogens with one attached hydrogen (secondary N) is 1. The first-order valence-electron chi connectivity index (χ1n) is 10.0. The minimum absolute atomic E-state index is 0.293. The van der Waals surface area contributed by atoms with Crippen molar-refractivity contribution in [2.45, 2.75) is 6.92 Å². The van der Waals surface area contributed by atoms with Crippen molar-refractivity contribution >= 4 is 16.6 Å². The van der Waals surface area contributed by atoms with Crippen molar-refractivity contribution in [3.8, 4) is 16.9 Å². The van der Waals surface area contributed by atoms with Gasteiger partial charge in [0.15, 0.2) is 11.6 Å². The summed E-state index contributed by atoms with van der Waals surface area (Å²) in [6, 6.07) is 11.3. The maximum atomic E-state index is 14.6. The van der Waals surface area contributed by atoms with Gasteiger partial charge in [0, 0.05) is 30.5 Å². The number of nitrogens with zero attached hydrogens (tertiary/aromatic N) is 3. The van der Waals surface area contributed by atoms with Gasteiger partial charge in [-0.2, -0.15) is 5.10 Å². The summed E-state index contributed by atoms with van der Waals surface area (Å²) >= 11 is 0. The van der Waals surface area contributed by atoms with Gasteiger partial charge >= 0.3 is 0 Å². The Hall–Kier alpha value is -3.52. The summed E-state index contributed by atoms with van der Waals surface area (Å²) in [5, 5.41) is 4.79. The van der Waals surface area contributed by atoms with Gasteiger partial charge in [-0.15, -0.1) is 0 Å². The predicted molar refractivity (Wildman–Crippen MR) is 115 cm³/mol. The monoisotopic (exact) mass is 422 g/mol. The van der Waals surface area contributed by atoms with Crippen molar-refractivity contribution in [3.05, 3.63) is 76.2 Å². The highest BCUT2D eigenvalue weighted by atomic mass is 19.1. The Kier molecular flexibility index (Phi) is 4.78.